The van der Waals surface area contributed by atoms with Gasteiger partial charge in [-0.25, -0.2) is 4.79 Å². The summed E-state index contributed by atoms with van der Waals surface area (Å²) >= 11 is 1.49. The lowest BCUT2D eigenvalue weighted by atomic mass is 10.1. The highest BCUT2D eigenvalue weighted by atomic mass is 32.2. The summed E-state index contributed by atoms with van der Waals surface area (Å²) in [5.74, 6) is 0.371. The van der Waals surface area contributed by atoms with E-state index in [0.29, 0.717) is 18.8 Å². The molecule has 0 saturated carbocycles. The summed E-state index contributed by atoms with van der Waals surface area (Å²) in [5.41, 5.74) is 4.29. The number of aromatic nitrogens is 2. The second-order valence-corrected chi connectivity index (χ2v) is 9.72. The molecule has 3 aromatic rings. The molecule has 2 atom stereocenters. The van der Waals surface area contributed by atoms with E-state index in [-0.39, 0.29) is 29.7 Å². The van der Waals surface area contributed by atoms with Gasteiger partial charge in [0.25, 0.3) is 5.56 Å². The Morgan fingerprint density at radius 2 is 2.06 bits per heavy atom. The number of carbonyl (C=O) groups excluding carboxylic acids is 2. The first kappa shape index (κ1) is 21.2. The molecular weight excluding hydrogens is 454 g/mol. The lowest BCUT2D eigenvalue weighted by Gasteiger charge is -2.20. The second kappa shape index (κ2) is 8.44. The number of amides is 2. The lowest BCUT2D eigenvalue weighted by molar-refractivity contribution is -0.113. The minimum absolute atomic E-state index is 0.00986. The fourth-order valence-electron chi connectivity index (χ4n) is 4.90. The first-order chi connectivity index (χ1) is 16.6. The molecule has 0 aliphatic carbocycles. The van der Waals surface area contributed by atoms with Crippen LogP contribution >= 0.6 is 11.8 Å². The molecule has 2 amide bonds. The van der Waals surface area contributed by atoms with Gasteiger partial charge in [-0.15, -0.1) is 11.8 Å². The highest BCUT2D eigenvalue weighted by Gasteiger charge is 2.33. The molecule has 2 aromatic heterocycles. The van der Waals surface area contributed by atoms with Gasteiger partial charge in [-0.1, -0.05) is 0 Å². The van der Waals surface area contributed by atoms with Crippen LogP contribution in [0.25, 0.3) is 11.0 Å². The Morgan fingerprint density at radius 1 is 1.15 bits per heavy atom. The third-order valence-corrected chi connectivity index (χ3v) is 7.59. The van der Waals surface area contributed by atoms with Gasteiger partial charge in [-0.2, -0.15) is 0 Å². The van der Waals surface area contributed by atoms with Crippen LogP contribution in [0, 0.1) is 0 Å². The predicted molar refractivity (Wildman–Crippen MR) is 129 cm³/mol. The van der Waals surface area contributed by atoms with Crippen molar-refractivity contribution < 1.29 is 14.3 Å². The largest absolute Gasteiger partial charge is 0.444 e. The van der Waals surface area contributed by atoms with Crippen molar-refractivity contribution >= 4 is 46.2 Å². The number of hydrogen-bond acceptors (Lipinski definition) is 7. The van der Waals surface area contributed by atoms with Crippen LogP contribution in [0.5, 0.6) is 0 Å². The number of anilines is 2. The first-order valence-electron chi connectivity index (χ1n) is 11.3. The highest BCUT2D eigenvalue weighted by Crippen LogP contribution is 2.36. The smallest absolute Gasteiger partial charge is 0.414 e. The van der Waals surface area contributed by atoms with Gasteiger partial charge >= 0.3 is 6.09 Å². The van der Waals surface area contributed by atoms with Crippen LogP contribution in [0.1, 0.15) is 24.4 Å². The van der Waals surface area contributed by atoms with Gasteiger partial charge < -0.3 is 19.9 Å². The molecule has 1 saturated heterocycles. The van der Waals surface area contributed by atoms with Crippen molar-refractivity contribution in [2.45, 2.75) is 36.4 Å². The van der Waals surface area contributed by atoms with Crippen molar-refractivity contribution in [1.29, 1.82) is 0 Å². The molecule has 9 nitrogen and oxygen atoms in total. The summed E-state index contributed by atoms with van der Waals surface area (Å²) in [7, 11) is 0. The van der Waals surface area contributed by atoms with Crippen molar-refractivity contribution in [1.82, 2.24) is 14.9 Å². The Morgan fingerprint density at radius 3 is 2.97 bits per heavy atom. The Balaban J connectivity index is 1.05. The summed E-state index contributed by atoms with van der Waals surface area (Å²) in [6, 6.07) is 11.0. The molecule has 3 aliphatic heterocycles. The number of nitrogens with zero attached hydrogens (tertiary/aromatic N) is 3. The highest BCUT2D eigenvalue weighted by molar-refractivity contribution is 8.00. The maximum Gasteiger partial charge on any atom is 0.414 e. The van der Waals surface area contributed by atoms with Gasteiger partial charge in [0.2, 0.25) is 5.91 Å². The topological polar surface area (TPSA) is 106 Å². The van der Waals surface area contributed by atoms with E-state index in [4.69, 9.17) is 4.74 Å². The molecule has 0 bridgehead atoms. The van der Waals surface area contributed by atoms with E-state index in [9.17, 15) is 14.4 Å². The van der Waals surface area contributed by atoms with E-state index >= 15 is 0 Å². The number of nitrogens with one attached hydrogen (secondary N) is 2. The number of rotatable bonds is 6. The molecule has 3 aliphatic rings. The van der Waals surface area contributed by atoms with Crippen molar-refractivity contribution in [3.63, 3.8) is 0 Å². The molecule has 6 rings (SSSR count). The molecule has 0 spiro atoms. The zero-order valence-electron chi connectivity index (χ0n) is 18.3. The second-order valence-electron chi connectivity index (χ2n) is 8.70. The van der Waals surface area contributed by atoms with Gasteiger partial charge in [-0.3, -0.25) is 19.5 Å². The molecule has 2 N–H and O–H groups in total. The van der Waals surface area contributed by atoms with Gasteiger partial charge in [-0.05, 0) is 55.3 Å². The maximum atomic E-state index is 12.5. The standard InChI is InChI=1S/C24H23N5O4S/c30-21-13-34-20-5-3-14(10-18(20)27-21)28-11-15(33-24(28)32)2-1-8-25-19-12-29-22(31)6-4-17-23(29)16(19)7-9-26-17/h3-7,9-10,15,19,25H,1-2,8,11-13H2,(H,27,30)/t15-,19+/m1/s1. The fourth-order valence-corrected chi connectivity index (χ4v) is 5.69. The SMILES string of the molecule is O=C1CSc2ccc(N3C[C@@H](CCCN[C@H]4Cn5c(=O)ccc6nccc4c65)OC3=O)cc2N1. The Hall–Kier alpha value is -3.37. The van der Waals surface area contributed by atoms with E-state index in [2.05, 4.69) is 15.6 Å². The normalized spacial score (nSPS) is 21.0. The van der Waals surface area contributed by atoms with Gasteiger partial charge in [0.15, 0.2) is 0 Å². The van der Waals surface area contributed by atoms with Crippen LogP contribution in [-0.2, 0) is 16.1 Å². The average molecular weight is 478 g/mol. The molecule has 34 heavy (non-hydrogen) atoms. The molecule has 1 aromatic carbocycles. The third kappa shape index (κ3) is 3.72. The van der Waals surface area contributed by atoms with Crippen molar-refractivity contribution in [2.24, 2.45) is 0 Å². The zero-order valence-corrected chi connectivity index (χ0v) is 19.1. The number of fused-ring (bicyclic) bond motifs is 1. The minimum Gasteiger partial charge on any atom is -0.444 e. The average Bonchev–Trinajstić information content (AvgIpc) is 3.40. The van der Waals surface area contributed by atoms with Crippen LogP contribution < -0.4 is 21.1 Å². The van der Waals surface area contributed by atoms with E-state index in [1.54, 1.807) is 27.8 Å². The number of pyridine rings is 2. The quantitative estimate of drug-likeness (QED) is 0.526. The van der Waals surface area contributed by atoms with E-state index in [1.165, 1.54) is 11.8 Å². The Labute approximate surface area is 199 Å². The summed E-state index contributed by atoms with van der Waals surface area (Å²) in [6.45, 7) is 1.82. The number of cyclic esters (lactones) is 1. The minimum atomic E-state index is -0.363. The molecule has 0 radical (unpaired) electrons. The molecule has 5 heterocycles. The number of ether oxygens (including phenoxy) is 1. The van der Waals surface area contributed by atoms with E-state index in [1.807, 2.05) is 24.3 Å². The van der Waals surface area contributed by atoms with Crippen LogP contribution in [-0.4, -0.2) is 46.5 Å². The van der Waals surface area contributed by atoms with Crippen molar-refractivity contribution in [3.05, 3.63) is 58.5 Å². The summed E-state index contributed by atoms with van der Waals surface area (Å²) < 4.78 is 7.37. The van der Waals surface area contributed by atoms with Crippen molar-refractivity contribution in [3.8, 4) is 0 Å². The molecule has 10 heteroatoms. The van der Waals surface area contributed by atoms with Gasteiger partial charge in [0, 0.05) is 29.4 Å². The number of carbonyl (C=O) groups is 2. The summed E-state index contributed by atoms with van der Waals surface area (Å²) in [5, 5.41) is 6.41. The molecular formula is C24H23N5O4S. The third-order valence-electron chi connectivity index (χ3n) is 6.52. The van der Waals surface area contributed by atoms with Gasteiger partial charge in [0.1, 0.15) is 6.10 Å². The molecule has 1 fully saturated rings. The van der Waals surface area contributed by atoms with Gasteiger partial charge in [0.05, 0.1) is 35.1 Å². The number of thioether (sulfide) groups is 1. The van der Waals surface area contributed by atoms with Crippen LogP contribution in [0.4, 0.5) is 16.2 Å². The Kier molecular flexibility index (Phi) is 5.26. The van der Waals surface area contributed by atoms with E-state index < -0.39 is 0 Å². The monoisotopic (exact) mass is 477 g/mol. The van der Waals surface area contributed by atoms with E-state index in [0.717, 1.165) is 52.3 Å². The fraction of sp³-hybridized carbons (Fsp3) is 0.333. The van der Waals surface area contributed by atoms with Crippen LogP contribution in [0.2, 0.25) is 0 Å². The first-order valence-corrected chi connectivity index (χ1v) is 12.3. The summed E-state index contributed by atoms with van der Waals surface area (Å²) in [6.07, 6.45) is 2.79. The summed E-state index contributed by atoms with van der Waals surface area (Å²) in [4.78, 5) is 43.4. The number of benzene rings is 1. The molecule has 174 valence electrons. The Bertz CT molecular complexity index is 1370. The van der Waals surface area contributed by atoms with Crippen LogP contribution in [0.3, 0.4) is 0 Å². The lowest BCUT2D eigenvalue weighted by Crippen LogP contribution is -2.27. The zero-order chi connectivity index (χ0) is 23.2. The van der Waals surface area contributed by atoms with Crippen molar-refractivity contribution in [2.75, 3.05) is 29.1 Å². The molecule has 0 unspecified atom stereocenters. The predicted octanol–water partition coefficient (Wildman–Crippen LogP) is 2.89. The maximum absolute atomic E-state index is 12.5. The van der Waals surface area contributed by atoms with Crippen LogP contribution in [0.15, 0.2) is 52.3 Å². The number of hydrogen-bond donors (Lipinski definition) is 2.